The molecule has 0 aromatic heterocycles. The van der Waals surface area contributed by atoms with Crippen LogP contribution in [0.1, 0.15) is 32.6 Å². The van der Waals surface area contributed by atoms with E-state index in [0.29, 0.717) is 16.6 Å². The third kappa shape index (κ3) is 4.45. The smallest absolute Gasteiger partial charge is 0.180 e. The Bertz CT molecular complexity index is 553. The van der Waals surface area contributed by atoms with E-state index in [9.17, 15) is 8.42 Å². The zero-order valence-corrected chi connectivity index (χ0v) is 13.6. The van der Waals surface area contributed by atoms with Gasteiger partial charge in [-0.25, -0.2) is 8.42 Å². The molecule has 1 aromatic carbocycles. The molecule has 0 heterocycles. The van der Waals surface area contributed by atoms with Crippen LogP contribution in [0.25, 0.3) is 0 Å². The molecule has 2 unspecified atom stereocenters. The average Bonchev–Trinajstić information content (AvgIpc) is 2.49. The number of hydrogen-bond donors (Lipinski definition) is 0. The van der Waals surface area contributed by atoms with Gasteiger partial charge in [-0.2, -0.15) is 0 Å². The standard InChI is InChI=1S/C16H24O4S/c1-13-6-3-4-9-16(13)20-10-11-21(17,18)15-8-5-7-14(12-15)19-2/h5,7-8,12-13,16H,3-4,6,9-11H2,1-2H3. The van der Waals surface area contributed by atoms with Crippen LogP contribution in [0.2, 0.25) is 0 Å². The minimum atomic E-state index is -3.32. The summed E-state index contributed by atoms with van der Waals surface area (Å²) in [6.45, 7) is 2.44. The van der Waals surface area contributed by atoms with Crippen molar-refractivity contribution in [3.63, 3.8) is 0 Å². The fourth-order valence-electron chi connectivity index (χ4n) is 2.75. The van der Waals surface area contributed by atoms with Gasteiger partial charge in [0.25, 0.3) is 0 Å². The van der Waals surface area contributed by atoms with Crippen molar-refractivity contribution in [2.75, 3.05) is 19.5 Å². The number of methoxy groups -OCH3 is 1. The highest BCUT2D eigenvalue weighted by Crippen LogP contribution is 2.26. The number of ether oxygens (including phenoxy) is 2. The molecule has 1 aliphatic carbocycles. The molecule has 0 radical (unpaired) electrons. The van der Waals surface area contributed by atoms with E-state index in [1.54, 1.807) is 24.3 Å². The first-order valence-corrected chi connectivity index (χ1v) is 9.16. The summed E-state index contributed by atoms with van der Waals surface area (Å²) < 4.78 is 35.4. The minimum absolute atomic E-state index is 0.0172. The molecule has 0 saturated heterocycles. The summed E-state index contributed by atoms with van der Waals surface area (Å²) in [6.07, 6.45) is 4.85. The zero-order chi connectivity index (χ0) is 15.3. The van der Waals surface area contributed by atoms with Gasteiger partial charge in [0, 0.05) is 0 Å². The van der Waals surface area contributed by atoms with Gasteiger partial charge in [-0.1, -0.05) is 25.8 Å². The largest absolute Gasteiger partial charge is 0.497 e. The van der Waals surface area contributed by atoms with Crippen molar-refractivity contribution in [3.8, 4) is 5.75 Å². The molecule has 2 rings (SSSR count). The van der Waals surface area contributed by atoms with E-state index in [1.165, 1.54) is 26.4 Å². The second-order valence-corrected chi connectivity index (χ2v) is 7.78. The van der Waals surface area contributed by atoms with Gasteiger partial charge in [0.15, 0.2) is 9.84 Å². The predicted octanol–water partition coefficient (Wildman–Crippen LogP) is 3.06. The lowest BCUT2D eigenvalue weighted by Crippen LogP contribution is -2.27. The Morgan fingerprint density at radius 3 is 2.71 bits per heavy atom. The van der Waals surface area contributed by atoms with Crippen molar-refractivity contribution in [3.05, 3.63) is 24.3 Å². The molecule has 1 aromatic rings. The van der Waals surface area contributed by atoms with Gasteiger partial charge < -0.3 is 9.47 Å². The monoisotopic (exact) mass is 312 g/mol. The molecule has 1 saturated carbocycles. The zero-order valence-electron chi connectivity index (χ0n) is 12.7. The molecule has 0 N–H and O–H groups in total. The molecule has 0 aliphatic heterocycles. The van der Waals surface area contributed by atoms with E-state index in [4.69, 9.17) is 9.47 Å². The van der Waals surface area contributed by atoms with Crippen LogP contribution < -0.4 is 4.74 Å². The molecule has 1 aliphatic rings. The molecule has 4 nitrogen and oxygen atoms in total. The lowest BCUT2D eigenvalue weighted by molar-refractivity contribution is 0.00302. The fourth-order valence-corrected chi connectivity index (χ4v) is 3.88. The average molecular weight is 312 g/mol. The summed E-state index contributed by atoms with van der Waals surface area (Å²) in [5, 5.41) is 0. The molecular weight excluding hydrogens is 288 g/mol. The first kappa shape index (κ1) is 16.3. The molecule has 0 bridgehead atoms. The predicted molar refractivity (Wildman–Crippen MR) is 82.4 cm³/mol. The van der Waals surface area contributed by atoms with Crippen LogP contribution in [-0.4, -0.2) is 34.0 Å². The highest BCUT2D eigenvalue weighted by Gasteiger charge is 2.23. The number of benzene rings is 1. The first-order valence-electron chi connectivity index (χ1n) is 7.51. The molecular formula is C16H24O4S. The van der Waals surface area contributed by atoms with Crippen LogP contribution in [0, 0.1) is 5.92 Å². The normalized spacial score (nSPS) is 23.0. The van der Waals surface area contributed by atoms with Crippen LogP contribution in [0.15, 0.2) is 29.2 Å². The molecule has 5 heteroatoms. The lowest BCUT2D eigenvalue weighted by atomic mass is 9.88. The summed E-state index contributed by atoms with van der Waals surface area (Å²) in [5.74, 6) is 1.10. The van der Waals surface area contributed by atoms with Gasteiger partial charge >= 0.3 is 0 Å². The Hall–Kier alpha value is -1.07. The van der Waals surface area contributed by atoms with Crippen LogP contribution in [0.5, 0.6) is 5.75 Å². The van der Waals surface area contributed by atoms with Crippen molar-refractivity contribution in [1.82, 2.24) is 0 Å². The maximum absolute atomic E-state index is 12.3. The molecule has 0 amide bonds. The SMILES string of the molecule is COc1cccc(S(=O)(=O)CCOC2CCCCC2C)c1. The molecule has 2 atom stereocenters. The second-order valence-electron chi connectivity index (χ2n) is 5.67. The Balaban J connectivity index is 1.91. The maximum Gasteiger partial charge on any atom is 0.180 e. The van der Waals surface area contributed by atoms with Crippen molar-refractivity contribution in [1.29, 1.82) is 0 Å². The van der Waals surface area contributed by atoms with E-state index >= 15 is 0 Å². The topological polar surface area (TPSA) is 52.6 Å². The Kier molecular flexibility index (Phi) is 5.65. The number of hydrogen-bond acceptors (Lipinski definition) is 4. The van der Waals surface area contributed by atoms with Crippen molar-refractivity contribution >= 4 is 9.84 Å². The van der Waals surface area contributed by atoms with E-state index < -0.39 is 9.84 Å². The second kappa shape index (κ2) is 7.27. The van der Waals surface area contributed by atoms with E-state index in [1.807, 2.05) is 0 Å². The van der Waals surface area contributed by atoms with Crippen LogP contribution >= 0.6 is 0 Å². The summed E-state index contributed by atoms with van der Waals surface area (Å²) in [6, 6.07) is 6.58. The van der Waals surface area contributed by atoms with Gasteiger partial charge in [0.1, 0.15) is 5.75 Å². The van der Waals surface area contributed by atoms with Gasteiger partial charge in [-0.15, -0.1) is 0 Å². The third-order valence-corrected chi connectivity index (χ3v) is 5.79. The summed E-state index contributed by atoms with van der Waals surface area (Å²) in [4.78, 5) is 0.294. The Labute approximate surface area is 127 Å². The molecule has 1 fully saturated rings. The van der Waals surface area contributed by atoms with Crippen LogP contribution in [0.4, 0.5) is 0 Å². The summed E-state index contributed by atoms with van der Waals surface area (Å²) in [7, 11) is -1.79. The first-order chi connectivity index (χ1) is 10.0. The van der Waals surface area contributed by atoms with Gasteiger partial charge in [0.05, 0.1) is 30.5 Å². The lowest BCUT2D eigenvalue weighted by Gasteiger charge is -2.28. The summed E-state index contributed by atoms with van der Waals surface area (Å²) >= 11 is 0. The maximum atomic E-state index is 12.3. The number of rotatable bonds is 6. The van der Waals surface area contributed by atoms with E-state index in [0.717, 1.165) is 6.42 Å². The molecule has 0 spiro atoms. The van der Waals surface area contributed by atoms with Crippen molar-refractivity contribution in [2.24, 2.45) is 5.92 Å². The third-order valence-electron chi connectivity index (χ3n) is 4.12. The summed E-state index contributed by atoms with van der Waals surface area (Å²) in [5.41, 5.74) is 0. The molecule has 118 valence electrons. The van der Waals surface area contributed by atoms with Gasteiger partial charge in [-0.3, -0.25) is 0 Å². The Morgan fingerprint density at radius 2 is 2.00 bits per heavy atom. The Morgan fingerprint density at radius 1 is 1.24 bits per heavy atom. The van der Waals surface area contributed by atoms with Gasteiger partial charge in [-0.05, 0) is 37.0 Å². The van der Waals surface area contributed by atoms with E-state index in [-0.39, 0.29) is 18.5 Å². The quantitative estimate of drug-likeness (QED) is 0.810. The van der Waals surface area contributed by atoms with E-state index in [2.05, 4.69) is 6.92 Å². The van der Waals surface area contributed by atoms with Crippen molar-refractivity contribution in [2.45, 2.75) is 43.6 Å². The molecule has 21 heavy (non-hydrogen) atoms. The number of sulfone groups is 1. The van der Waals surface area contributed by atoms with Crippen LogP contribution in [0.3, 0.4) is 0 Å². The van der Waals surface area contributed by atoms with Crippen molar-refractivity contribution < 1.29 is 17.9 Å². The van der Waals surface area contributed by atoms with Gasteiger partial charge in [0.2, 0.25) is 0 Å². The highest BCUT2D eigenvalue weighted by atomic mass is 32.2. The fraction of sp³-hybridized carbons (Fsp3) is 0.625. The highest BCUT2D eigenvalue weighted by molar-refractivity contribution is 7.91. The van der Waals surface area contributed by atoms with Crippen LogP contribution in [-0.2, 0) is 14.6 Å². The minimum Gasteiger partial charge on any atom is -0.497 e.